The third kappa shape index (κ3) is 3.03. The number of ether oxygens (including phenoxy) is 2. The number of anilines is 1. The van der Waals surface area contributed by atoms with Gasteiger partial charge in [-0.25, -0.2) is 4.98 Å². The summed E-state index contributed by atoms with van der Waals surface area (Å²) >= 11 is 0. The van der Waals surface area contributed by atoms with Gasteiger partial charge < -0.3 is 19.8 Å². The molecule has 6 nitrogen and oxygen atoms in total. The number of fused-ring (bicyclic) bond motifs is 2. The lowest BCUT2D eigenvalue weighted by Gasteiger charge is -2.25. The molecule has 1 aromatic heterocycles. The molecule has 2 aromatic carbocycles. The van der Waals surface area contributed by atoms with Crippen molar-refractivity contribution in [3.05, 3.63) is 48.3 Å². The predicted octanol–water partition coefficient (Wildman–Crippen LogP) is 3.46. The van der Waals surface area contributed by atoms with Crippen molar-refractivity contribution in [2.75, 3.05) is 11.9 Å². The van der Waals surface area contributed by atoms with Gasteiger partial charge in [0, 0.05) is 11.6 Å². The summed E-state index contributed by atoms with van der Waals surface area (Å²) < 4.78 is 11.3. The molecule has 1 unspecified atom stereocenters. The summed E-state index contributed by atoms with van der Waals surface area (Å²) in [6.45, 7) is 4.35. The van der Waals surface area contributed by atoms with Crippen molar-refractivity contribution in [2.45, 2.75) is 25.9 Å². The highest BCUT2D eigenvalue weighted by Gasteiger charge is 2.27. The number of carbonyl (C=O) groups is 1. The van der Waals surface area contributed by atoms with Gasteiger partial charge in [-0.2, -0.15) is 0 Å². The summed E-state index contributed by atoms with van der Waals surface area (Å²) in [6, 6.07) is 12.9. The van der Waals surface area contributed by atoms with Crippen LogP contribution in [0, 0.1) is 0 Å². The average molecular weight is 337 g/mol. The van der Waals surface area contributed by atoms with Gasteiger partial charge in [-0.15, -0.1) is 0 Å². The second kappa shape index (κ2) is 6.12. The summed E-state index contributed by atoms with van der Waals surface area (Å²) in [5.74, 6) is 2.25. The van der Waals surface area contributed by atoms with Crippen LogP contribution in [0.25, 0.3) is 11.0 Å². The number of imidazole rings is 1. The SMILES string of the molecule is CC(C)c1nc2ccc(NC(=O)C3COc4ccccc4O3)cc2[nH]1. The summed E-state index contributed by atoms with van der Waals surface area (Å²) in [5.41, 5.74) is 2.47. The second-order valence-corrected chi connectivity index (χ2v) is 6.36. The van der Waals surface area contributed by atoms with Crippen molar-refractivity contribution in [1.29, 1.82) is 0 Å². The number of nitrogens with one attached hydrogen (secondary N) is 2. The van der Waals surface area contributed by atoms with Gasteiger partial charge in [-0.3, -0.25) is 4.79 Å². The van der Waals surface area contributed by atoms with Gasteiger partial charge in [0.15, 0.2) is 11.5 Å². The van der Waals surface area contributed by atoms with Crippen molar-refractivity contribution in [1.82, 2.24) is 9.97 Å². The van der Waals surface area contributed by atoms with E-state index in [0.29, 0.717) is 23.1 Å². The molecule has 4 rings (SSSR count). The molecular formula is C19H19N3O3. The number of hydrogen-bond acceptors (Lipinski definition) is 4. The van der Waals surface area contributed by atoms with Crippen molar-refractivity contribution >= 4 is 22.6 Å². The maximum atomic E-state index is 12.5. The van der Waals surface area contributed by atoms with Crippen LogP contribution in [0.15, 0.2) is 42.5 Å². The van der Waals surface area contributed by atoms with Crippen molar-refractivity contribution < 1.29 is 14.3 Å². The molecule has 0 aliphatic carbocycles. The van der Waals surface area contributed by atoms with Crippen LogP contribution in [0.2, 0.25) is 0 Å². The molecule has 2 heterocycles. The van der Waals surface area contributed by atoms with Crippen LogP contribution < -0.4 is 14.8 Å². The molecule has 1 aliphatic heterocycles. The molecule has 128 valence electrons. The molecule has 1 atom stereocenters. The van der Waals surface area contributed by atoms with E-state index in [1.54, 1.807) is 6.07 Å². The Morgan fingerprint density at radius 3 is 2.84 bits per heavy atom. The Morgan fingerprint density at radius 2 is 2.04 bits per heavy atom. The molecule has 1 amide bonds. The highest BCUT2D eigenvalue weighted by Crippen LogP contribution is 2.31. The minimum absolute atomic E-state index is 0.187. The number of amides is 1. The monoisotopic (exact) mass is 337 g/mol. The van der Waals surface area contributed by atoms with E-state index in [-0.39, 0.29) is 12.5 Å². The first kappa shape index (κ1) is 15.5. The van der Waals surface area contributed by atoms with Crippen LogP contribution in [0.4, 0.5) is 5.69 Å². The van der Waals surface area contributed by atoms with Crippen LogP contribution in [0.5, 0.6) is 11.5 Å². The highest BCUT2D eigenvalue weighted by atomic mass is 16.6. The number of aromatic amines is 1. The van der Waals surface area contributed by atoms with Gasteiger partial charge >= 0.3 is 0 Å². The summed E-state index contributed by atoms with van der Waals surface area (Å²) in [4.78, 5) is 20.3. The van der Waals surface area contributed by atoms with E-state index in [1.165, 1.54) is 0 Å². The lowest BCUT2D eigenvalue weighted by atomic mass is 10.2. The normalized spacial score (nSPS) is 16.2. The number of hydrogen-bond donors (Lipinski definition) is 2. The Balaban J connectivity index is 1.50. The van der Waals surface area contributed by atoms with E-state index in [2.05, 4.69) is 29.1 Å². The molecule has 2 N–H and O–H groups in total. The molecule has 0 saturated carbocycles. The predicted molar refractivity (Wildman–Crippen MR) is 95.2 cm³/mol. The van der Waals surface area contributed by atoms with Crippen molar-refractivity contribution in [2.24, 2.45) is 0 Å². The maximum absolute atomic E-state index is 12.5. The van der Waals surface area contributed by atoms with Crippen molar-refractivity contribution in [3.63, 3.8) is 0 Å². The first-order valence-electron chi connectivity index (χ1n) is 8.29. The number of carbonyl (C=O) groups excluding carboxylic acids is 1. The Bertz CT molecular complexity index is 933. The number of benzene rings is 2. The van der Waals surface area contributed by atoms with Gasteiger partial charge in [-0.1, -0.05) is 26.0 Å². The number of rotatable bonds is 3. The Hall–Kier alpha value is -3.02. The highest BCUT2D eigenvalue weighted by molar-refractivity contribution is 5.96. The quantitative estimate of drug-likeness (QED) is 0.767. The van der Waals surface area contributed by atoms with Crippen LogP contribution in [-0.2, 0) is 4.79 Å². The number of H-pyrrole nitrogens is 1. The average Bonchev–Trinajstić information content (AvgIpc) is 3.05. The molecule has 0 spiro atoms. The molecule has 0 fully saturated rings. The lowest BCUT2D eigenvalue weighted by Crippen LogP contribution is -2.40. The maximum Gasteiger partial charge on any atom is 0.269 e. The fourth-order valence-electron chi connectivity index (χ4n) is 2.75. The topological polar surface area (TPSA) is 76.2 Å². The largest absolute Gasteiger partial charge is 0.485 e. The van der Waals surface area contributed by atoms with Crippen LogP contribution >= 0.6 is 0 Å². The number of aromatic nitrogens is 2. The first-order chi connectivity index (χ1) is 12.1. The standard InChI is InChI=1S/C19H19N3O3/c1-11(2)18-21-13-8-7-12(9-14(13)22-18)20-19(23)17-10-24-15-5-3-4-6-16(15)25-17/h3-9,11,17H,10H2,1-2H3,(H,20,23)(H,21,22). The summed E-state index contributed by atoms with van der Waals surface area (Å²) in [7, 11) is 0. The molecule has 0 saturated heterocycles. The fourth-order valence-corrected chi connectivity index (χ4v) is 2.75. The molecule has 1 aliphatic rings. The van der Waals surface area contributed by atoms with Crippen LogP contribution in [0.1, 0.15) is 25.6 Å². The second-order valence-electron chi connectivity index (χ2n) is 6.36. The van der Waals surface area contributed by atoms with Gasteiger partial charge in [0.2, 0.25) is 6.10 Å². The van der Waals surface area contributed by atoms with E-state index in [4.69, 9.17) is 9.47 Å². The van der Waals surface area contributed by atoms with Crippen LogP contribution in [-0.4, -0.2) is 28.6 Å². The lowest BCUT2D eigenvalue weighted by molar-refractivity contribution is -0.125. The van der Waals surface area contributed by atoms with Gasteiger partial charge in [0.05, 0.1) is 11.0 Å². The zero-order valence-corrected chi connectivity index (χ0v) is 14.1. The van der Waals surface area contributed by atoms with Gasteiger partial charge in [0.25, 0.3) is 5.91 Å². The van der Waals surface area contributed by atoms with Crippen molar-refractivity contribution in [3.8, 4) is 11.5 Å². The van der Waals surface area contributed by atoms with E-state index < -0.39 is 6.10 Å². The Labute approximate surface area is 145 Å². The fraction of sp³-hybridized carbons (Fsp3) is 0.263. The third-order valence-corrected chi connectivity index (χ3v) is 4.12. The number of para-hydroxylation sites is 2. The molecule has 0 bridgehead atoms. The molecule has 25 heavy (non-hydrogen) atoms. The van der Waals surface area contributed by atoms with Crippen LogP contribution in [0.3, 0.4) is 0 Å². The van der Waals surface area contributed by atoms with E-state index in [1.807, 2.05) is 36.4 Å². The first-order valence-corrected chi connectivity index (χ1v) is 8.29. The van der Waals surface area contributed by atoms with E-state index in [9.17, 15) is 4.79 Å². The number of nitrogens with zero attached hydrogens (tertiary/aromatic N) is 1. The zero-order chi connectivity index (χ0) is 17.4. The molecule has 6 heteroatoms. The van der Waals surface area contributed by atoms with Gasteiger partial charge in [-0.05, 0) is 30.3 Å². The smallest absolute Gasteiger partial charge is 0.269 e. The Kier molecular flexibility index (Phi) is 3.80. The molecule has 0 radical (unpaired) electrons. The Morgan fingerprint density at radius 1 is 1.24 bits per heavy atom. The zero-order valence-electron chi connectivity index (χ0n) is 14.1. The molecule has 3 aromatic rings. The van der Waals surface area contributed by atoms with Gasteiger partial charge in [0.1, 0.15) is 12.4 Å². The third-order valence-electron chi connectivity index (χ3n) is 4.12. The minimum Gasteiger partial charge on any atom is -0.485 e. The summed E-state index contributed by atoms with van der Waals surface area (Å²) in [6.07, 6.45) is -0.682. The molecular weight excluding hydrogens is 318 g/mol. The summed E-state index contributed by atoms with van der Waals surface area (Å²) in [5, 5.41) is 2.88. The van der Waals surface area contributed by atoms with E-state index in [0.717, 1.165) is 16.9 Å². The minimum atomic E-state index is -0.682. The van der Waals surface area contributed by atoms with E-state index >= 15 is 0 Å².